The van der Waals surface area contributed by atoms with Crippen molar-refractivity contribution in [2.24, 2.45) is 0 Å². The maximum atomic E-state index is 12.0. The number of aromatic nitrogens is 1. The second-order valence-corrected chi connectivity index (χ2v) is 4.27. The third kappa shape index (κ3) is 3.82. The van der Waals surface area contributed by atoms with E-state index in [-0.39, 0.29) is 12.5 Å². The highest BCUT2D eigenvalue weighted by atomic mass is 16.5. The number of carbonyl (C=O) groups is 1. The van der Waals surface area contributed by atoms with Gasteiger partial charge in [-0.2, -0.15) is 0 Å². The summed E-state index contributed by atoms with van der Waals surface area (Å²) in [7, 11) is 0. The molecule has 1 aromatic rings. The van der Waals surface area contributed by atoms with Crippen molar-refractivity contribution in [2.45, 2.75) is 6.92 Å². The Morgan fingerprint density at radius 3 is 3.05 bits per heavy atom. The molecule has 0 atom stereocenters. The summed E-state index contributed by atoms with van der Waals surface area (Å²) in [5.74, 6) is 1.39. The number of nitrogens with one attached hydrogen (secondary N) is 2. The zero-order valence-electron chi connectivity index (χ0n) is 11.2. The Morgan fingerprint density at radius 1 is 1.53 bits per heavy atom. The minimum atomic E-state index is 0.0922. The van der Waals surface area contributed by atoms with Gasteiger partial charge in [0.2, 0.25) is 5.91 Å². The van der Waals surface area contributed by atoms with Gasteiger partial charge in [-0.25, -0.2) is 4.98 Å². The molecule has 2 rings (SSSR count). The predicted molar refractivity (Wildman–Crippen MR) is 73.3 cm³/mol. The van der Waals surface area contributed by atoms with Crippen LogP contribution in [0.4, 0.5) is 5.82 Å². The second kappa shape index (κ2) is 6.94. The van der Waals surface area contributed by atoms with E-state index >= 15 is 0 Å². The standard InChI is InChI=1S/C13H20N4O2/c1-2-19-11-4-3-5-15-13(11)16-10-12(18)17-8-6-14-7-9-17/h3-5,14H,2,6-10H2,1H3,(H,15,16). The van der Waals surface area contributed by atoms with Gasteiger partial charge < -0.3 is 20.3 Å². The summed E-state index contributed by atoms with van der Waals surface area (Å²) in [5, 5.41) is 6.27. The van der Waals surface area contributed by atoms with Crippen LogP contribution < -0.4 is 15.4 Å². The molecule has 0 aromatic carbocycles. The van der Waals surface area contributed by atoms with Crippen LogP contribution in [0, 0.1) is 0 Å². The van der Waals surface area contributed by atoms with Crippen LogP contribution in [0.5, 0.6) is 5.75 Å². The number of anilines is 1. The summed E-state index contributed by atoms with van der Waals surface area (Å²) in [6.07, 6.45) is 1.68. The van der Waals surface area contributed by atoms with E-state index < -0.39 is 0 Å². The number of pyridine rings is 1. The van der Waals surface area contributed by atoms with Crippen LogP contribution in [0.25, 0.3) is 0 Å². The summed E-state index contributed by atoms with van der Waals surface area (Å²) in [6.45, 7) is 5.99. The molecular weight excluding hydrogens is 244 g/mol. The molecule has 0 aliphatic carbocycles. The van der Waals surface area contributed by atoms with Crippen molar-refractivity contribution in [2.75, 3.05) is 44.6 Å². The van der Waals surface area contributed by atoms with Crippen molar-refractivity contribution in [1.82, 2.24) is 15.2 Å². The third-order valence-electron chi connectivity index (χ3n) is 2.95. The molecule has 0 unspecified atom stereocenters. The zero-order chi connectivity index (χ0) is 13.5. The number of nitrogens with zero attached hydrogens (tertiary/aromatic N) is 2. The number of hydrogen-bond donors (Lipinski definition) is 2. The lowest BCUT2D eigenvalue weighted by Crippen LogP contribution is -2.48. The predicted octanol–water partition coefficient (Wildman–Crippen LogP) is 0.324. The van der Waals surface area contributed by atoms with Crippen molar-refractivity contribution in [1.29, 1.82) is 0 Å². The van der Waals surface area contributed by atoms with Crippen molar-refractivity contribution in [3.05, 3.63) is 18.3 Å². The average Bonchev–Trinajstić information content (AvgIpc) is 2.47. The fraction of sp³-hybridized carbons (Fsp3) is 0.538. The van der Waals surface area contributed by atoms with Crippen LogP contribution >= 0.6 is 0 Å². The third-order valence-corrected chi connectivity index (χ3v) is 2.95. The lowest BCUT2D eigenvalue weighted by Gasteiger charge is -2.27. The minimum Gasteiger partial charge on any atom is -0.490 e. The van der Waals surface area contributed by atoms with Crippen molar-refractivity contribution >= 4 is 11.7 Å². The van der Waals surface area contributed by atoms with E-state index in [0.717, 1.165) is 26.2 Å². The first-order valence-corrected chi connectivity index (χ1v) is 6.61. The number of hydrogen-bond acceptors (Lipinski definition) is 5. The number of amides is 1. The van der Waals surface area contributed by atoms with Gasteiger partial charge in [-0.05, 0) is 19.1 Å². The Hall–Kier alpha value is -1.82. The number of ether oxygens (including phenoxy) is 1. The summed E-state index contributed by atoms with van der Waals surface area (Å²) in [6, 6.07) is 3.66. The molecule has 0 spiro atoms. The largest absolute Gasteiger partial charge is 0.490 e. The molecule has 6 heteroatoms. The molecule has 104 valence electrons. The van der Waals surface area contributed by atoms with Gasteiger partial charge in [-0.1, -0.05) is 0 Å². The van der Waals surface area contributed by atoms with Crippen molar-refractivity contribution in [3.8, 4) is 5.75 Å². The molecule has 1 aromatic heterocycles. The quantitative estimate of drug-likeness (QED) is 0.802. The van der Waals surface area contributed by atoms with E-state index in [1.54, 1.807) is 6.20 Å². The topological polar surface area (TPSA) is 66.5 Å². The average molecular weight is 264 g/mol. The fourth-order valence-corrected chi connectivity index (χ4v) is 1.98. The molecule has 1 aliphatic heterocycles. The maximum Gasteiger partial charge on any atom is 0.242 e. The van der Waals surface area contributed by atoms with Crippen LogP contribution in [-0.4, -0.2) is 55.1 Å². The molecule has 1 saturated heterocycles. The van der Waals surface area contributed by atoms with Gasteiger partial charge in [0.05, 0.1) is 13.2 Å². The highest BCUT2D eigenvalue weighted by molar-refractivity contribution is 5.81. The molecule has 0 saturated carbocycles. The van der Waals surface area contributed by atoms with E-state index in [2.05, 4.69) is 15.6 Å². The Bertz CT molecular complexity index is 419. The van der Waals surface area contributed by atoms with Gasteiger partial charge in [-0.15, -0.1) is 0 Å². The second-order valence-electron chi connectivity index (χ2n) is 4.27. The molecule has 2 heterocycles. The monoisotopic (exact) mass is 264 g/mol. The fourth-order valence-electron chi connectivity index (χ4n) is 1.98. The van der Waals surface area contributed by atoms with Gasteiger partial charge in [0.1, 0.15) is 0 Å². The molecule has 1 amide bonds. The Kier molecular flexibility index (Phi) is 4.97. The molecule has 0 bridgehead atoms. The van der Waals surface area contributed by atoms with Crippen LogP contribution in [0.15, 0.2) is 18.3 Å². The number of rotatable bonds is 5. The van der Waals surface area contributed by atoms with Crippen LogP contribution in [0.2, 0.25) is 0 Å². The molecular formula is C13H20N4O2. The molecule has 6 nitrogen and oxygen atoms in total. The van der Waals surface area contributed by atoms with E-state index in [9.17, 15) is 4.79 Å². The first-order valence-electron chi connectivity index (χ1n) is 6.61. The van der Waals surface area contributed by atoms with Gasteiger partial charge in [0.15, 0.2) is 11.6 Å². The van der Waals surface area contributed by atoms with E-state index in [1.165, 1.54) is 0 Å². The summed E-state index contributed by atoms with van der Waals surface area (Å²) < 4.78 is 5.45. The number of carbonyl (C=O) groups excluding carboxylic acids is 1. The normalized spacial score (nSPS) is 15.1. The highest BCUT2D eigenvalue weighted by Crippen LogP contribution is 2.20. The molecule has 1 aliphatic rings. The lowest BCUT2D eigenvalue weighted by atomic mass is 10.3. The van der Waals surface area contributed by atoms with Gasteiger partial charge in [0.25, 0.3) is 0 Å². The zero-order valence-corrected chi connectivity index (χ0v) is 11.2. The van der Waals surface area contributed by atoms with Gasteiger partial charge in [-0.3, -0.25) is 4.79 Å². The Morgan fingerprint density at radius 2 is 2.32 bits per heavy atom. The molecule has 19 heavy (non-hydrogen) atoms. The van der Waals surface area contributed by atoms with Crippen molar-refractivity contribution in [3.63, 3.8) is 0 Å². The van der Waals surface area contributed by atoms with E-state index in [1.807, 2.05) is 24.0 Å². The first-order chi connectivity index (χ1) is 9.31. The SMILES string of the molecule is CCOc1cccnc1NCC(=O)N1CCNCC1. The van der Waals surface area contributed by atoms with E-state index in [0.29, 0.717) is 18.2 Å². The van der Waals surface area contributed by atoms with Crippen LogP contribution in [0.1, 0.15) is 6.92 Å². The highest BCUT2D eigenvalue weighted by Gasteiger charge is 2.16. The van der Waals surface area contributed by atoms with Crippen LogP contribution in [-0.2, 0) is 4.79 Å². The van der Waals surface area contributed by atoms with Crippen molar-refractivity contribution < 1.29 is 9.53 Å². The van der Waals surface area contributed by atoms with Gasteiger partial charge >= 0.3 is 0 Å². The Balaban J connectivity index is 1.89. The summed E-state index contributed by atoms with van der Waals surface area (Å²) >= 11 is 0. The Labute approximate surface area is 113 Å². The summed E-state index contributed by atoms with van der Waals surface area (Å²) in [5.41, 5.74) is 0. The van der Waals surface area contributed by atoms with E-state index in [4.69, 9.17) is 4.74 Å². The number of piperazine rings is 1. The smallest absolute Gasteiger partial charge is 0.242 e. The molecule has 2 N–H and O–H groups in total. The van der Waals surface area contributed by atoms with Gasteiger partial charge in [0, 0.05) is 32.4 Å². The van der Waals surface area contributed by atoms with Crippen LogP contribution in [0.3, 0.4) is 0 Å². The maximum absolute atomic E-state index is 12.0. The first kappa shape index (κ1) is 13.6. The summed E-state index contributed by atoms with van der Waals surface area (Å²) in [4.78, 5) is 18.1. The lowest BCUT2D eigenvalue weighted by molar-refractivity contribution is -0.129. The molecule has 1 fully saturated rings. The molecule has 0 radical (unpaired) electrons. The minimum absolute atomic E-state index is 0.0922.